The van der Waals surface area contributed by atoms with E-state index >= 15 is 0 Å². The van der Waals surface area contributed by atoms with Crippen LogP contribution in [-0.4, -0.2) is 34.9 Å². The van der Waals surface area contributed by atoms with E-state index in [9.17, 15) is 22.8 Å². The Bertz CT molecular complexity index is 647. The topological polar surface area (TPSA) is 84.0 Å². The molecule has 6 nitrogen and oxygen atoms in total. The Hall–Kier alpha value is -2.19. The van der Waals surface area contributed by atoms with Gasteiger partial charge in [0.15, 0.2) is 0 Å². The van der Waals surface area contributed by atoms with Crippen molar-refractivity contribution in [3.63, 3.8) is 0 Å². The average molecular weight is 314 g/mol. The number of nitrogens with one attached hydrogen (secondary N) is 2. The van der Waals surface area contributed by atoms with Gasteiger partial charge in [-0.3, -0.25) is 10.1 Å². The van der Waals surface area contributed by atoms with Gasteiger partial charge in [0.2, 0.25) is 5.91 Å². The standard InChI is InChI=1S/C13H13F3N4O2/c1-5-6(7-2-9(7)13(14,15)16)3-10(20-19-5)8-4-17-12(22)18-11(8)21/h3,7-9H,2,4H2,1H3,(H2,17,18,21,22)/t7-,8?,9+/m1/s1. The summed E-state index contributed by atoms with van der Waals surface area (Å²) in [7, 11) is 0. The number of hydrogen-bond acceptors (Lipinski definition) is 4. The van der Waals surface area contributed by atoms with Crippen LogP contribution in [0.15, 0.2) is 6.07 Å². The number of carbonyl (C=O) groups excluding carboxylic acids is 2. The summed E-state index contributed by atoms with van der Waals surface area (Å²) in [5.41, 5.74) is 1.17. The van der Waals surface area contributed by atoms with Gasteiger partial charge in [-0.05, 0) is 30.9 Å². The van der Waals surface area contributed by atoms with Gasteiger partial charge in [0.05, 0.1) is 23.2 Å². The minimum atomic E-state index is -4.23. The Labute approximate surface area is 123 Å². The lowest BCUT2D eigenvalue weighted by atomic mass is 9.99. The Morgan fingerprint density at radius 3 is 2.59 bits per heavy atom. The largest absolute Gasteiger partial charge is 0.392 e. The maximum atomic E-state index is 12.7. The molecule has 1 saturated carbocycles. The molecule has 2 N–H and O–H groups in total. The number of urea groups is 1. The molecule has 2 aliphatic rings. The van der Waals surface area contributed by atoms with Crippen LogP contribution < -0.4 is 10.6 Å². The van der Waals surface area contributed by atoms with Gasteiger partial charge in [0.25, 0.3) is 0 Å². The van der Waals surface area contributed by atoms with E-state index in [1.54, 1.807) is 6.92 Å². The van der Waals surface area contributed by atoms with Gasteiger partial charge in [-0.25, -0.2) is 4.79 Å². The molecule has 1 saturated heterocycles. The molecule has 118 valence electrons. The second-order valence-corrected chi connectivity index (χ2v) is 5.55. The Morgan fingerprint density at radius 2 is 2.00 bits per heavy atom. The van der Waals surface area contributed by atoms with Gasteiger partial charge in [-0.1, -0.05) is 0 Å². The summed E-state index contributed by atoms with van der Waals surface area (Å²) < 4.78 is 38.2. The van der Waals surface area contributed by atoms with Gasteiger partial charge in [-0.2, -0.15) is 23.4 Å². The van der Waals surface area contributed by atoms with E-state index in [2.05, 4.69) is 20.8 Å². The molecular weight excluding hydrogens is 301 g/mol. The third-order valence-corrected chi connectivity index (χ3v) is 4.02. The van der Waals surface area contributed by atoms with E-state index in [1.807, 2.05) is 0 Å². The predicted molar refractivity (Wildman–Crippen MR) is 68.0 cm³/mol. The first-order valence-corrected chi connectivity index (χ1v) is 6.77. The number of hydrogen-bond donors (Lipinski definition) is 2. The van der Waals surface area contributed by atoms with Gasteiger partial charge in [-0.15, -0.1) is 0 Å². The normalized spacial score (nSPS) is 28.1. The molecule has 0 aromatic carbocycles. The number of amides is 3. The Kier molecular flexibility index (Phi) is 3.30. The fraction of sp³-hybridized carbons (Fsp3) is 0.538. The molecule has 1 aliphatic heterocycles. The number of imide groups is 1. The number of alkyl halides is 3. The van der Waals surface area contributed by atoms with Crippen LogP contribution in [0.1, 0.15) is 35.2 Å². The van der Waals surface area contributed by atoms with Crippen LogP contribution >= 0.6 is 0 Å². The van der Waals surface area contributed by atoms with E-state index in [-0.39, 0.29) is 18.7 Å². The molecule has 3 amide bonds. The summed E-state index contributed by atoms with van der Waals surface area (Å²) >= 11 is 0. The number of carbonyl (C=O) groups is 2. The lowest BCUT2D eigenvalue weighted by molar-refractivity contribution is -0.148. The number of rotatable bonds is 2. The number of aromatic nitrogens is 2. The summed E-state index contributed by atoms with van der Waals surface area (Å²) in [5.74, 6) is -3.26. The van der Waals surface area contributed by atoms with Crippen LogP contribution in [0.2, 0.25) is 0 Å². The lowest BCUT2D eigenvalue weighted by Crippen LogP contribution is -2.51. The van der Waals surface area contributed by atoms with Crippen LogP contribution in [0.4, 0.5) is 18.0 Å². The number of aryl methyl sites for hydroxylation is 1. The van der Waals surface area contributed by atoms with Crippen molar-refractivity contribution in [3.8, 4) is 0 Å². The second kappa shape index (κ2) is 4.92. The molecule has 2 heterocycles. The fourth-order valence-corrected chi connectivity index (χ4v) is 2.70. The van der Waals surface area contributed by atoms with Crippen LogP contribution in [-0.2, 0) is 4.79 Å². The van der Waals surface area contributed by atoms with Crippen LogP contribution in [0.25, 0.3) is 0 Å². The number of nitrogens with zero attached hydrogens (tertiary/aromatic N) is 2. The highest BCUT2D eigenvalue weighted by molar-refractivity contribution is 6.00. The summed E-state index contributed by atoms with van der Waals surface area (Å²) in [4.78, 5) is 22.8. The van der Waals surface area contributed by atoms with Gasteiger partial charge in [0.1, 0.15) is 0 Å². The SMILES string of the molecule is Cc1nnc(C2CNC(=O)NC2=O)cc1[C@H]1C[C@@H]1C(F)(F)F. The van der Waals surface area contributed by atoms with Crippen molar-refractivity contribution in [2.45, 2.75) is 31.4 Å². The van der Waals surface area contributed by atoms with Gasteiger partial charge >= 0.3 is 12.2 Å². The summed E-state index contributed by atoms with van der Waals surface area (Å²) in [6.45, 7) is 1.65. The van der Waals surface area contributed by atoms with Gasteiger partial charge < -0.3 is 5.32 Å². The van der Waals surface area contributed by atoms with E-state index in [0.29, 0.717) is 11.3 Å². The molecule has 1 aromatic heterocycles. The first kappa shape index (κ1) is 14.7. The molecule has 0 radical (unpaired) electrons. The van der Waals surface area contributed by atoms with Crippen molar-refractivity contribution in [3.05, 3.63) is 23.0 Å². The quantitative estimate of drug-likeness (QED) is 0.863. The minimum Gasteiger partial charge on any atom is -0.337 e. The van der Waals surface area contributed by atoms with E-state index in [0.717, 1.165) is 0 Å². The molecule has 22 heavy (non-hydrogen) atoms. The summed E-state index contributed by atoms with van der Waals surface area (Å²) in [6.07, 6.45) is -4.19. The highest BCUT2D eigenvalue weighted by atomic mass is 19.4. The molecule has 0 bridgehead atoms. The molecule has 2 fully saturated rings. The Morgan fingerprint density at radius 1 is 1.27 bits per heavy atom. The van der Waals surface area contributed by atoms with Crippen molar-refractivity contribution in [1.82, 2.24) is 20.8 Å². The Balaban J connectivity index is 1.85. The maximum Gasteiger partial charge on any atom is 0.392 e. The predicted octanol–water partition coefficient (Wildman–Crippen LogP) is 1.37. The van der Waals surface area contributed by atoms with Crippen molar-refractivity contribution in [2.24, 2.45) is 5.92 Å². The monoisotopic (exact) mass is 314 g/mol. The highest BCUT2D eigenvalue weighted by Crippen LogP contribution is 2.56. The highest BCUT2D eigenvalue weighted by Gasteiger charge is 2.56. The van der Waals surface area contributed by atoms with Crippen molar-refractivity contribution >= 4 is 11.9 Å². The molecule has 9 heteroatoms. The third kappa shape index (κ3) is 2.62. The van der Waals surface area contributed by atoms with Crippen molar-refractivity contribution < 1.29 is 22.8 Å². The molecule has 1 aliphatic carbocycles. The minimum absolute atomic E-state index is 0.0308. The maximum absolute atomic E-state index is 12.7. The van der Waals surface area contributed by atoms with Crippen molar-refractivity contribution in [1.29, 1.82) is 0 Å². The van der Waals surface area contributed by atoms with Gasteiger partial charge in [0, 0.05) is 6.54 Å². The van der Waals surface area contributed by atoms with Crippen molar-refractivity contribution in [2.75, 3.05) is 6.54 Å². The molecule has 3 atom stereocenters. The zero-order chi connectivity index (χ0) is 16.1. The third-order valence-electron chi connectivity index (χ3n) is 4.02. The zero-order valence-electron chi connectivity index (χ0n) is 11.6. The van der Waals surface area contributed by atoms with Crippen LogP contribution in [0.5, 0.6) is 0 Å². The molecule has 1 unspecified atom stereocenters. The second-order valence-electron chi connectivity index (χ2n) is 5.55. The molecular formula is C13H13F3N4O2. The molecule has 3 rings (SSSR count). The smallest absolute Gasteiger partial charge is 0.337 e. The van der Waals surface area contributed by atoms with E-state index < -0.39 is 35.9 Å². The first-order valence-electron chi connectivity index (χ1n) is 6.77. The first-order chi connectivity index (χ1) is 10.3. The molecule has 0 spiro atoms. The average Bonchev–Trinajstić information content (AvgIpc) is 3.20. The summed E-state index contributed by atoms with van der Waals surface area (Å²) in [5, 5.41) is 12.3. The molecule has 1 aromatic rings. The summed E-state index contributed by atoms with van der Waals surface area (Å²) in [6, 6.07) is 0.904. The lowest BCUT2D eigenvalue weighted by Gasteiger charge is -2.21. The fourth-order valence-electron chi connectivity index (χ4n) is 2.70. The van der Waals surface area contributed by atoms with E-state index in [1.165, 1.54) is 6.07 Å². The van der Waals surface area contributed by atoms with E-state index in [4.69, 9.17) is 0 Å². The zero-order valence-corrected chi connectivity index (χ0v) is 11.6. The van der Waals surface area contributed by atoms with Crippen LogP contribution in [0, 0.1) is 12.8 Å². The number of halogens is 3. The van der Waals surface area contributed by atoms with Crippen LogP contribution in [0.3, 0.4) is 0 Å².